The van der Waals surface area contributed by atoms with Gasteiger partial charge in [0.25, 0.3) is 0 Å². The van der Waals surface area contributed by atoms with Crippen LogP contribution >= 0.6 is 23.8 Å². The van der Waals surface area contributed by atoms with Crippen molar-refractivity contribution in [1.29, 1.82) is 0 Å². The summed E-state index contributed by atoms with van der Waals surface area (Å²) in [5, 5.41) is 20.3. The van der Waals surface area contributed by atoms with Crippen LogP contribution in [0.4, 0.5) is 20.2 Å². The van der Waals surface area contributed by atoms with E-state index < -0.39 is 17.2 Å². The van der Waals surface area contributed by atoms with Crippen LogP contribution in [0.5, 0.6) is 5.75 Å². The van der Waals surface area contributed by atoms with Crippen LogP contribution in [0.2, 0.25) is 5.02 Å². The first-order chi connectivity index (χ1) is 19.7. The lowest BCUT2D eigenvalue weighted by Crippen LogP contribution is -2.57. The SMILES string of the molecule is NC(=S)N(c1ccc(Cl)cc1)N1CCN(c2ccc(OCC(O)(Cn3cncn3)c3ccc(F)cc3F)cc2)CC1. The van der Waals surface area contributed by atoms with Gasteiger partial charge in [0.05, 0.1) is 12.2 Å². The van der Waals surface area contributed by atoms with Gasteiger partial charge in [0.1, 0.15) is 42.2 Å². The molecule has 1 saturated heterocycles. The number of nitrogens with zero attached hydrogens (tertiary/aromatic N) is 6. The van der Waals surface area contributed by atoms with Gasteiger partial charge in [0.2, 0.25) is 0 Å². The number of aromatic nitrogens is 3. The molecule has 13 heteroatoms. The maximum Gasteiger partial charge on any atom is 0.185 e. The van der Waals surface area contributed by atoms with Crippen LogP contribution in [0, 0.1) is 11.6 Å². The summed E-state index contributed by atoms with van der Waals surface area (Å²) >= 11 is 11.3. The Hall–Kier alpha value is -3.84. The molecule has 1 atom stereocenters. The molecule has 1 aliphatic heterocycles. The number of hydrogen-bond donors (Lipinski definition) is 2. The molecule has 1 aliphatic rings. The molecular formula is C28H28ClF2N7O2S. The highest BCUT2D eigenvalue weighted by Crippen LogP contribution is 2.29. The van der Waals surface area contributed by atoms with E-state index in [1.165, 1.54) is 23.4 Å². The maximum atomic E-state index is 14.7. The number of thiocarbonyl (C=S) groups is 1. The number of rotatable bonds is 9. The first-order valence-corrected chi connectivity index (χ1v) is 13.6. The van der Waals surface area contributed by atoms with Gasteiger partial charge < -0.3 is 20.5 Å². The molecule has 3 N–H and O–H groups in total. The monoisotopic (exact) mass is 599 g/mol. The molecule has 9 nitrogen and oxygen atoms in total. The molecule has 1 unspecified atom stereocenters. The van der Waals surface area contributed by atoms with Crippen molar-refractivity contribution < 1.29 is 18.6 Å². The molecule has 0 spiro atoms. The topological polar surface area (TPSA) is 95.9 Å². The Kier molecular flexibility index (Phi) is 8.64. The molecule has 3 aromatic carbocycles. The Balaban J connectivity index is 1.23. The van der Waals surface area contributed by atoms with Crippen LogP contribution in [0.3, 0.4) is 0 Å². The number of hydrazine groups is 1. The molecule has 0 amide bonds. The third-order valence-corrected chi connectivity index (χ3v) is 7.25. The molecule has 214 valence electrons. The fraction of sp³-hybridized carbons (Fsp3) is 0.250. The van der Waals surface area contributed by atoms with Crippen molar-refractivity contribution in [1.82, 2.24) is 19.8 Å². The highest BCUT2D eigenvalue weighted by atomic mass is 35.5. The fourth-order valence-electron chi connectivity index (χ4n) is 4.78. The minimum Gasteiger partial charge on any atom is -0.490 e. The Labute approximate surface area is 246 Å². The summed E-state index contributed by atoms with van der Waals surface area (Å²) in [6, 6.07) is 17.8. The van der Waals surface area contributed by atoms with E-state index in [4.69, 9.17) is 34.3 Å². The zero-order valence-electron chi connectivity index (χ0n) is 21.9. The van der Waals surface area contributed by atoms with Gasteiger partial charge in [-0.15, -0.1) is 0 Å². The van der Waals surface area contributed by atoms with Crippen molar-refractivity contribution in [2.45, 2.75) is 12.1 Å². The van der Waals surface area contributed by atoms with Gasteiger partial charge in [-0.2, -0.15) is 5.10 Å². The van der Waals surface area contributed by atoms with Crippen LogP contribution in [0.15, 0.2) is 79.4 Å². The summed E-state index contributed by atoms with van der Waals surface area (Å²) in [6.07, 6.45) is 2.71. The van der Waals surface area contributed by atoms with Crippen LogP contribution in [-0.4, -0.2) is 62.8 Å². The van der Waals surface area contributed by atoms with Crippen molar-refractivity contribution in [2.24, 2.45) is 5.73 Å². The Morgan fingerprint density at radius 3 is 2.37 bits per heavy atom. The van der Waals surface area contributed by atoms with E-state index in [9.17, 15) is 13.9 Å². The molecule has 0 bridgehead atoms. The van der Waals surface area contributed by atoms with E-state index in [-0.39, 0.29) is 23.8 Å². The van der Waals surface area contributed by atoms with Gasteiger partial charge >= 0.3 is 0 Å². The average molecular weight is 600 g/mol. The second-order valence-electron chi connectivity index (χ2n) is 9.60. The molecule has 2 heterocycles. The quantitative estimate of drug-likeness (QED) is 0.277. The number of nitrogens with two attached hydrogens (primary N) is 1. The molecule has 41 heavy (non-hydrogen) atoms. The van der Waals surface area contributed by atoms with E-state index in [0.29, 0.717) is 23.9 Å². The van der Waals surface area contributed by atoms with Crippen molar-refractivity contribution in [3.63, 3.8) is 0 Å². The highest BCUT2D eigenvalue weighted by molar-refractivity contribution is 7.80. The smallest absolute Gasteiger partial charge is 0.185 e. The second kappa shape index (κ2) is 12.4. The maximum absolute atomic E-state index is 14.7. The molecule has 0 radical (unpaired) electrons. The summed E-state index contributed by atoms with van der Waals surface area (Å²) in [4.78, 5) is 6.10. The first kappa shape index (κ1) is 28.7. The number of anilines is 2. The lowest BCUT2D eigenvalue weighted by molar-refractivity contribution is -0.0297. The number of piperazine rings is 1. The molecule has 1 fully saturated rings. The summed E-state index contributed by atoms with van der Waals surface area (Å²) in [7, 11) is 0. The van der Waals surface area contributed by atoms with Gasteiger partial charge in [-0.1, -0.05) is 17.7 Å². The Morgan fingerprint density at radius 2 is 1.76 bits per heavy atom. The normalized spacial score (nSPS) is 15.4. The van der Waals surface area contributed by atoms with Crippen LogP contribution in [0.1, 0.15) is 5.56 Å². The van der Waals surface area contributed by atoms with Crippen molar-refractivity contribution in [2.75, 3.05) is 42.7 Å². The van der Waals surface area contributed by atoms with Crippen LogP contribution in [-0.2, 0) is 12.1 Å². The number of ether oxygens (including phenoxy) is 1. The highest BCUT2D eigenvalue weighted by Gasteiger charge is 2.35. The van der Waals surface area contributed by atoms with Gasteiger partial charge in [0.15, 0.2) is 5.11 Å². The third kappa shape index (κ3) is 6.73. The van der Waals surface area contributed by atoms with Gasteiger partial charge in [0, 0.05) is 48.5 Å². The minimum atomic E-state index is -1.83. The van der Waals surface area contributed by atoms with E-state index in [1.54, 1.807) is 24.3 Å². The summed E-state index contributed by atoms with van der Waals surface area (Å²) in [5.41, 5.74) is 5.95. The predicted molar refractivity (Wildman–Crippen MR) is 157 cm³/mol. The van der Waals surface area contributed by atoms with Gasteiger partial charge in [-0.25, -0.2) is 28.5 Å². The van der Waals surface area contributed by atoms with Crippen molar-refractivity contribution in [3.05, 3.63) is 102 Å². The van der Waals surface area contributed by atoms with Crippen LogP contribution < -0.4 is 20.4 Å². The summed E-state index contributed by atoms with van der Waals surface area (Å²) < 4.78 is 35.5. The second-order valence-corrected chi connectivity index (χ2v) is 10.5. The fourth-order valence-corrected chi connectivity index (χ4v) is 5.13. The van der Waals surface area contributed by atoms with E-state index in [1.807, 2.05) is 29.3 Å². The lowest BCUT2D eigenvalue weighted by Gasteiger charge is -2.42. The van der Waals surface area contributed by atoms with E-state index >= 15 is 0 Å². The zero-order valence-corrected chi connectivity index (χ0v) is 23.5. The van der Waals surface area contributed by atoms with E-state index in [2.05, 4.69) is 20.0 Å². The van der Waals surface area contributed by atoms with Crippen molar-refractivity contribution >= 4 is 40.3 Å². The third-order valence-electron chi connectivity index (χ3n) is 6.82. The van der Waals surface area contributed by atoms with Crippen molar-refractivity contribution in [3.8, 4) is 5.75 Å². The predicted octanol–water partition coefficient (Wildman–Crippen LogP) is 3.96. The standard InChI is InChI=1S/C28H28ClF2N7O2S/c29-20-1-4-23(5-2-20)38(27(32)41)37-13-11-35(12-14-37)22-6-8-24(9-7-22)40-17-28(39,16-36-19-33-18-34-36)25-10-3-21(30)15-26(25)31/h1-10,15,18-19,39H,11-14,16-17H2,(H2,32,41). The number of aliphatic hydroxyl groups is 1. The van der Waals surface area contributed by atoms with Gasteiger partial charge in [-0.3, -0.25) is 0 Å². The largest absolute Gasteiger partial charge is 0.490 e. The molecule has 4 aromatic rings. The minimum absolute atomic E-state index is 0.103. The van der Waals surface area contributed by atoms with E-state index in [0.717, 1.165) is 36.6 Å². The zero-order chi connectivity index (χ0) is 29.0. The molecule has 0 saturated carbocycles. The van der Waals surface area contributed by atoms with Crippen LogP contribution in [0.25, 0.3) is 0 Å². The summed E-state index contributed by atoms with van der Waals surface area (Å²) in [5.74, 6) is -1.14. The Bertz CT molecular complexity index is 1470. The number of benzene rings is 3. The molecule has 1 aromatic heterocycles. The molecule has 0 aliphatic carbocycles. The van der Waals surface area contributed by atoms with Gasteiger partial charge in [-0.05, 0) is 66.8 Å². The number of halogens is 3. The molecular weight excluding hydrogens is 572 g/mol. The number of hydrogen-bond acceptors (Lipinski definition) is 7. The Morgan fingerprint density at radius 1 is 1.05 bits per heavy atom. The lowest BCUT2D eigenvalue weighted by atomic mass is 9.94. The average Bonchev–Trinajstić information content (AvgIpc) is 3.46. The summed E-state index contributed by atoms with van der Waals surface area (Å²) in [6.45, 7) is 2.40. The first-order valence-electron chi connectivity index (χ1n) is 12.8. The molecule has 5 rings (SSSR count).